The van der Waals surface area contributed by atoms with E-state index in [-0.39, 0.29) is 12.6 Å². The van der Waals surface area contributed by atoms with Gasteiger partial charge in [0.1, 0.15) is 6.61 Å². The van der Waals surface area contributed by atoms with Crippen LogP contribution in [0.15, 0.2) is 46.6 Å². The van der Waals surface area contributed by atoms with Gasteiger partial charge in [-0.25, -0.2) is 0 Å². The van der Waals surface area contributed by atoms with E-state index in [1.165, 1.54) is 29.2 Å². The zero-order valence-corrected chi connectivity index (χ0v) is 17.3. The zero-order chi connectivity index (χ0) is 19.7. The number of carbonyl (C=O) groups excluding carboxylic acids is 1. The molecule has 0 atom stereocenters. The Hall–Kier alpha value is -1.61. The Balaban J connectivity index is 0. The van der Waals surface area contributed by atoms with Gasteiger partial charge in [0.15, 0.2) is 0 Å². The predicted molar refractivity (Wildman–Crippen MR) is 109 cm³/mol. The smallest absolute Gasteiger partial charge is 0.302 e. The Morgan fingerprint density at radius 2 is 1.20 bits per heavy atom. The quantitative estimate of drug-likeness (QED) is 0.415. The molecule has 0 amide bonds. The molecule has 3 nitrogen and oxygen atoms in total. The molecule has 144 valence electrons. The summed E-state index contributed by atoms with van der Waals surface area (Å²) < 4.78 is 4.81. The van der Waals surface area contributed by atoms with E-state index >= 15 is 0 Å². The van der Waals surface area contributed by atoms with E-state index in [2.05, 4.69) is 53.7 Å². The summed E-state index contributed by atoms with van der Waals surface area (Å²) in [5.74, 6) is -0.224. The van der Waals surface area contributed by atoms with Crippen molar-refractivity contribution in [3.05, 3.63) is 46.6 Å². The first-order chi connectivity index (χ1) is 11.7. The number of aliphatic hydroxyl groups is 1. The Bertz CT molecular complexity index is 472. The van der Waals surface area contributed by atoms with Crippen LogP contribution in [0, 0.1) is 0 Å². The second-order valence-corrected chi connectivity index (χ2v) is 6.73. The molecule has 1 N–H and O–H groups in total. The molecule has 0 spiro atoms. The highest BCUT2D eigenvalue weighted by molar-refractivity contribution is 5.66. The van der Waals surface area contributed by atoms with Gasteiger partial charge in [0.2, 0.25) is 0 Å². The molecule has 0 unspecified atom stereocenters. The number of aliphatic hydroxyl groups excluding tert-OH is 1. The van der Waals surface area contributed by atoms with Crippen molar-refractivity contribution in [2.75, 3.05) is 13.2 Å². The fourth-order valence-corrected chi connectivity index (χ4v) is 1.84. The van der Waals surface area contributed by atoms with Gasteiger partial charge in [-0.05, 0) is 73.3 Å². The first-order valence-electron chi connectivity index (χ1n) is 9.01. The Kier molecular flexibility index (Phi) is 17.7. The first kappa shape index (κ1) is 25.6. The highest BCUT2D eigenvalue weighted by Crippen LogP contribution is 2.06. The molecule has 0 aliphatic carbocycles. The van der Waals surface area contributed by atoms with Crippen LogP contribution in [-0.2, 0) is 9.53 Å². The van der Waals surface area contributed by atoms with E-state index < -0.39 is 0 Å². The number of hydrogen-bond acceptors (Lipinski definition) is 3. The summed E-state index contributed by atoms with van der Waals surface area (Å²) in [4.78, 5) is 10.5. The van der Waals surface area contributed by atoms with Crippen molar-refractivity contribution in [2.24, 2.45) is 0 Å². The average Bonchev–Trinajstić information content (AvgIpc) is 2.47. The maximum Gasteiger partial charge on any atom is 0.302 e. The molecule has 0 fully saturated rings. The number of ether oxygens (including phenoxy) is 1. The molecule has 0 saturated carbocycles. The molecular weight excluding hydrogens is 312 g/mol. The number of esters is 1. The maximum absolute atomic E-state index is 10.5. The third-order valence-corrected chi connectivity index (χ3v) is 3.34. The van der Waals surface area contributed by atoms with Gasteiger partial charge in [0.25, 0.3) is 0 Å². The summed E-state index contributed by atoms with van der Waals surface area (Å²) >= 11 is 0. The van der Waals surface area contributed by atoms with Crippen LogP contribution >= 0.6 is 0 Å². The molecule has 0 radical (unpaired) electrons. The zero-order valence-electron chi connectivity index (χ0n) is 17.3. The minimum Gasteiger partial charge on any atom is -0.462 e. The van der Waals surface area contributed by atoms with Gasteiger partial charge < -0.3 is 9.84 Å². The van der Waals surface area contributed by atoms with E-state index in [0.29, 0.717) is 6.61 Å². The van der Waals surface area contributed by atoms with Gasteiger partial charge >= 0.3 is 5.97 Å². The molecule has 3 heteroatoms. The highest BCUT2D eigenvalue weighted by Gasteiger charge is 1.91. The van der Waals surface area contributed by atoms with E-state index in [0.717, 1.165) is 25.7 Å². The molecule has 0 aromatic carbocycles. The summed E-state index contributed by atoms with van der Waals surface area (Å²) in [6, 6.07) is 0. The van der Waals surface area contributed by atoms with Gasteiger partial charge in [-0.3, -0.25) is 4.79 Å². The fourth-order valence-electron chi connectivity index (χ4n) is 1.84. The largest absolute Gasteiger partial charge is 0.462 e. The first-order valence-corrected chi connectivity index (χ1v) is 9.01. The summed E-state index contributed by atoms with van der Waals surface area (Å²) in [5, 5.41) is 8.55. The second-order valence-electron chi connectivity index (χ2n) is 6.73. The van der Waals surface area contributed by atoms with Crippen molar-refractivity contribution in [2.45, 2.75) is 74.1 Å². The molecule has 25 heavy (non-hydrogen) atoms. The number of allylic oxidation sites excluding steroid dienone is 6. The lowest BCUT2D eigenvalue weighted by Gasteiger charge is -2.00. The van der Waals surface area contributed by atoms with Crippen molar-refractivity contribution in [1.82, 2.24) is 0 Å². The Labute approximate surface area is 155 Å². The fraction of sp³-hybridized carbons (Fsp3) is 0.591. The third kappa shape index (κ3) is 24.8. The van der Waals surface area contributed by atoms with Crippen LogP contribution in [0.3, 0.4) is 0 Å². The van der Waals surface area contributed by atoms with Crippen LogP contribution in [0.5, 0.6) is 0 Å². The molecule has 0 bridgehead atoms. The Morgan fingerprint density at radius 1 is 0.760 bits per heavy atom. The topological polar surface area (TPSA) is 46.5 Å². The minimum atomic E-state index is -0.224. The summed E-state index contributed by atoms with van der Waals surface area (Å²) in [6.45, 7) is 14.5. The summed E-state index contributed by atoms with van der Waals surface area (Å²) in [7, 11) is 0. The van der Waals surface area contributed by atoms with Crippen molar-refractivity contribution in [1.29, 1.82) is 0 Å². The number of hydrogen-bond donors (Lipinski definition) is 1. The standard InChI is InChI=1S/C12H20O2.C10H18O/c1-10(2)6-5-7-11(3)8-9-14-12(4)13;1-9(2)5-4-6-10(3)7-8-11/h6,8H,5,7,9H2,1-4H3;5,7,11H,4,6,8H2,1-3H3. The van der Waals surface area contributed by atoms with Crippen LogP contribution in [0.1, 0.15) is 74.1 Å². The van der Waals surface area contributed by atoms with Gasteiger partial charge in [0, 0.05) is 6.92 Å². The lowest BCUT2D eigenvalue weighted by atomic mass is 10.1. The van der Waals surface area contributed by atoms with Gasteiger partial charge in [-0.2, -0.15) is 0 Å². The lowest BCUT2D eigenvalue weighted by Crippen LogP contribution is -1.98. The van der Waals surface area contributed by atoms with Crippen molar-refractivity contribution in [3.8, 4) is 0 Å². The minimum absolute atomic E-state index is 0.167. The molecule has 0 aromatic heterocycles. The van der Waals surface area contributed by atoms with Crippen LogP contribution in [-0.4, -0.2) is 24.3 Å². The average molecular weight is 351 g/mol. The predicted octanol–water partition coefficient (Wildman–Crippen LogP) is 5.91. The summed E-state index contributed by atoms with van der Waals surface area (Å²) in [5.41, 5.74) is 5.24. The van der Waals surface area contributed by atoms with Crippen molar-refractivity contribution < 1.29 is 14.6 Å². The van der Waals surface area contributed by atoms with Gasteiger partial charge in [-0.15, -0.1) is 0 Å². The highest BCUT2D eigenvalue weighted by atomic mass is 16.5. The lowest BCUT2D eigenvalue weighted by molar-refractivity contribution is -0.139. The molecule has 0 heterocycles. The van der Waals surface area contributed by atoms with E-state index in [4.69, 9.17) is 9.84 Å². The van der Waals surface area contributed by atoms with Crippen LogP contribution in [0.2, 0.25) is 0 Å². The second kappa shape index (κ2) is 17.2. The normalized spacial score (nSPS) is 11.2. The maximum atomic E-state index is 10.5. The molecule has 0 aliphatic rings. The van der Waals surface area contributed by atoms with Gasteiger partial charge in [0.05, 0.1) is 6.61 Å². The van der Waals surface area contributed by atoms with Crippen LogP contribution < -0.4 is 0 Å². The van der Waals surface area contributed by atoms with Crippen molar-refractivity contribution in [3.63, 3.8) is 0 Å². The molecule has 0 aromatic rings. The number of rotatable bonds is 9. The van der Waals surface area contributed by atoms with E-state index in [1.807, 2.05) is 12.2 Å². The molecule has 0 rings (SSSR count). The van der Waals surface area contributed by atoms with Crippen LogP contribution in [0.25, 0.3) is 0 Å². The molecule has 0 saturated heterocycles. The molecule has 0 aliphatic heterocycles. The van der Waals surface area contributed by atoms with Gasteiger partial charge in [-0.1, -0.05) is 40.5 Å². The van der Waals surface area contributed by atoms with Crippen LogP contribution in [0.4, 0.5) is 0 Å². The SMILES string of the molecule is CC(=O)OCC=C(C)CCC=C(C)C.CC(C)=CCCC(C)=CCO. The van der Waals surface area contributed by atoms with E-state index in [1.54, 1.807) is 0 Å². The molecular formula is C22H38O3. The van der Waals surface area contributed by atoms with Crippen molar-refractivity contribution >= 4 is 5.97 Å². The Morgan fingerprint density at radius 3 is 1.56 bits per heavy atom. The monoisotopic (exact) mass is 350 g/mol. The third-order valence-electron chi connectivity index (χ3n) is 3.34. The van der Waals surface area contributed by atoms with E-state index in [9.17, 15) is 4.79 Å². The number of carbonyl (C=O) groups is 1. The summed E-state index contributed by atoms with van der Waals surface area (Å²) in [6.07, 6.45) is 12.5.